The normalized spacial score (nSPS) is 11.5. The van der Waals surface area contributed by atoms with Crippen LogP contribution >= 0.6 is 0 Å². The van der Waals surface area contributed by atoms with Crippen LogP contribution < -0.4 is 9.62 Å². The number of nitrogens with one attached hydrogen (secondary N) is 1. The highest BCUT2D eigenvalue weighted by Crippen LogP contribution is 2.24. The van der Waals surface area contributed by atoms with Crippen LogP contribution in [0.25, 0.3) is 11.0 Å². The van der Waals surface area contributed by atoms with Gasteiger partial charge in [0.1, 0.15) is 5.58 Å². The lowest BCUT2D eigenvalue weighted by atomic mass is 10.2. The Kier molecular flexibility index (Phi) is 3.23. The molecule has 0 fully saturated rings. The van der Waals surface area contributed by atoms with Gasteiger partial charge in [0, 0.05) is 31.2 Å². The van der Waals surface area contributed by atoms with Crippen LogP contribution in [-0.2, 0) is 10.0 Å². The molecule has 7 heteroatoms. The van der Waals surface area contributed by atoms with Crippen LogP contribution in [0.2, 0.25) is 0 Å². The number of hydrogen-bond acceptors (Lipinski definition) is 5. The lowest BCUT2D eigenvalue weighted by Crippen LogP contribution is -2.28. The van der Waals surface area contributed by atoms with Gasteiger partial charge < -0.3 is 9.32 Å². The first-order valence-corrected chi connectivity index (χ1v) is 7.38. The van der Waals surface area contributed by atoms with E-state index in [4.69, 9.17) is 4.42 Å². The van der Waals surface area contributed by atoms with Gasteiger partial charge in [-0.25, -0.2) is 13.1 Å². The number of hydrogen-bond donors (Lipinski definition) is 1. The minimum atomic E-state index is -3.60. The van der Waals surface area contributed by atoms with E-state index in [2.05, 4.69) is 0 Å². The molecule has 19 heavy (non-hydrogen) atoms. The number of furan rings is 1. The Morgan fingerprint density at radius 3 is 2.53 bits per heavy atom. The molecule has 6 nitrogen and oxygen atoms in total. The molecule has 0 aliphatic rings. The van der Waals surface area contributed by atoms with E-state index in [-0.39, 0.29) is 5.76 Å². The Morgan fingerprint density at radius 1 is 1.26 bits per heavy atom. The van der Waals surface area contributed by atoms with Crippen LogP contribution in [0.5, 0.6) is 0 Å². The van der Waals surface area contributed by atoms with Crippen molar-refractivity contribution in [1.82, 2.24) is 4.72 Å². The molecular weight excluding hydrogens is 268 g/mol. The van der Waals surface area contributed by atoms with Gasteiger partial charge in [0.05, 0.1) is 6.26 Å². The van der Waals surface area contributed by atoms with E-state index in [1.165, 1.54) is 6.07 Å². The molecule has 1 N–H and O–H groups in total. The SMILES string of the molecule is CN(C)c1ccc2cc(C(=O)NS(C)(=O)=O)oc2c1. The molecule has 0 aliphatic heterocycles. The number of sulfonamides is 1. The van der Waals surface area contributed by atoms with Gasteiger partial charge in [0.15, 0.2) is 5.76 Å². The Hall–Kier alpha value is -2.02. The molecule has 0 bridgehead atoms. The third kappa shape index (κ3) is 3.05. The third-order valence-electron chi connectivity index (χ3n) is 2.52. The van der Waals surface area contributed by atoms with Gasteiger partial charge in [-0.15, -0.1) is 0 Å². The molecule has 1 aromatic carbocycles. The van der Waals surface area contributed by atoms with E-state index in [1.54, 1.807) is 6.07 Å². The van der Waals surface area contributed by atoms with E-state index >= 15 is 0 Å². The maximum absolute atomic E-state index is 11.7. The molecule has 0 saturated carbocycles. The molecule has 0 aliphatic carbocycles. The lowest BCUT2D eigenvalue weighted by Gasteiger charge is -2.11. The molecule has 0 atom stereocenters. The Bertz CT molecular complexity index is 731. The van der Waals surface area contributed by atoms with E-state index in [9.17, 15) is 13.2 Å². The van der Waals surface area contributed by atoms with Crippen molar-refractivity contribution in [1.29, 1.82) is 0 Å². The van der Waals surface area contributed by atoms with Gasteiger partial charge in [-0.3, -0.25) is 4.79 Å². The lowest BCUT2D eigenvalue weighted by molar-refractivity contribution is 0.0957. The maximum atomic E-state index is 11.7. The maximum Gasteiger partial charge on any atom is 0.300 e. The summed E-state index contributed by atoms with van der Waals surface area (Å²) in [4.78, 5) is 13.6. The monoisotopic (exact) mass is 282 g/mol. The van der Waals surface area contributed by atoms with Crippen LogP contribution in [0.3, 0.4) is 0 Å². The van der Waals surface area contributed by atoms with Crippen molar-refractivity contribution in [3.8, 4) is 0 Å². The van der Waals surface area contributed by atoms with Crippen LogP contribution in [0, 0.1) is 0 Å². The number of carbonyl (C=O) groups is 1. The molecule has 102 valence electrons. The summed E-state index contributed by atoms with van der Waals surface area (Å²) < 4.78 is 29.2. The zero-order chi connectivity index (χ0) is 14.2. The fourth-order valence-corrected chi connectivity index (χ4v) is 2.07. The van der Waals surface area contributed by atoms with Gasteiger partial charge in [-0.1, -0.05) is 0 Å². The second kappa shape index (κ2) is 4.58. The summed E-state index contributed by atoms with van der Waals surface area (Å²) >= 11 is 0. The summed E-state index contributed by atoms with van der Waals surface area (Å²) in [7, 11) is 0.182. The van der Waals surface area contributed by atoms with Crippen LogP contribution in [0.1, 0.15) is 10.6 Å². The summed E-state index contributed by atoms with van der Waals surface area (Å²) in [6.07, 6.45) is 0.914. The first-order chi connectivity index (χ1) is 8.76. The smallest absolute Gasteiger partial charge is 0.300 e. The molecular formula is C12H14N2O4S. The number of anilines is 1. The number of benzene rings is 1. The quantitative estimate of drug-likeness (QED) is 0.914. The van der Waals surface area contributed by atoms with Gasteiger partial charge in [0.2, 0.25) is 10.0 Å². The van der Waals surface area contributed by atoms with Crippen LogP contribution in [-0.4, -0.2) is 34.7 Å². The van der Waals surface area contributed by atoms with Gasteiger partial charge in [-0.05, 0) is 18.2 Å². The molecule has 0 spiro atoms. The second-order valence-electron chi connectivity index (χ2n) is 4.43. The molecule has 0 saturated heterocycles. The molecule has 2 aromatic rings. The second-order valence-corrected chi connectivity index (χ2v) is 6.18. The Morgan fingerprint density at radius 2 is 1.95 bits per heavy atom. The fourth-order valence-electron chi connectivity index (χ4n) is 1.63. The largest absolute Gasteiger partial charge is 0.451 e. The van der Waals surface area contributed by atoms with Crippen molar-refractivity contribution in [2.45, 2.75) is 0 Å². The minimum Gasteiger partial charge on any atom is -0.451 e. The van der Waals surface area contributed by atoms with E-state index in [0.29, 0.717) is 5.58 Å². The molecule has 2 rings (SSSR count). The first kappa shape index (κ1) is 13.4. The topological polar surface area (TPSA) is 79.6 Å². The highest BCUT2D eigenvalue weighted by atomic mass is 32.2. The average molecular weight is 282 g/mol. The van der Waals surface area contributed by atoms with Gasteiger partial charge >= 0.3 is 0 Å². The zero-order valence-electron chi connectivity index (χ0n) is 10.8. The zero-order valence-corrected chi connectivity index (χ0v) is 11.6. The van der Waals surface area contributed by atoms with Crippen molar-refractivity contribution < 1.29 is 17.6 Å². The highest BCUT2D eigenvalue weighted by molar-refractivity contribution is 7.89. The minimum absolute atomic E-state index is 0.0312. The summed E-state index contributed by atoms with van der Waals surface area (Å²) in [5.74, 6) is -0.804. The number of amides is 1. The van der Waals surface area contributed by atoms with Gasteiger partial charge in [-0.2, -0.15) is 0 Å². The number of carbonyl (C=O) groups excluding carboxylic acids is 1. The number of nitrogens with zero attached hydrogens (tertiary/aromatic N) is 1. The van der Waals surface area contributed by atoms with Crippen molar-refractivity contribution in [2.75, 3.05) is 25.3 Å². The third-order valence-corrected chi connectivity index (χ3v) is 3.08. The number of rotatable bonds is 3. The average Bonchev–Trinajstić information content (AvgIpc) is 2.68. The van der Waals surface area contributed by atoms with Crippen molar-refractivity contribution in [3.05, 3.63) is 30.0 Å². The van der Waals surface area contributed by atoms with E-state index in [1.807, 2.05) is 35.9 Å². The standard InChI is InChI=1S/C12H14N2O4S/c1-14(2)9-5-4-8-6-11(18-10(8)7-9)12(15)13-19(3,16)17/h4-7H,1-3H3,(H,13,15). The molecule has 1 amide bonds. The molecule has 0 radical (unpaired) electrons. The summed E-state index contributed by atoms with van der Waals surface area (Å²) in [5, 5.41) is 0.740. The fraction of sp³-hybridized carbons (Fsp3) is 0.250. The molecule has 0 unspecified atom stereocenters. The van der Waals surface area contributed by atoms with Crippen LogP contribution in [0.15, 0.2) is 28.7 Å². The van der Waals surface area contributed by atoms with Crippen LogP contribution in [0.4, 0.5) is 5.69 Å². The predicted octanol–water partition coefficient (Wildman–Crippen LogP) is 1.19. The van der Waals surface area contributed by atoms with Gasteiger partial charge in [0.25, 0.3) is 5.91 Å². The van der Waals surface area contributed by atoms with Crippen molar-refractivity contribution in [3.63, 3.8) is 0 Å². The molecule has 1 heterocycles. The Balaban J connectivity index is 2.39. The summed E-state index contributed by atoms with van der Waals surface area (Å²) in [6.45, 7) is 0. The van der Waals surface area contributed by atoms with E-state index in [0.717, 1.165) is 17.3 Å². The predicted molar refractivity (Wildman–Crippen MR) is 72.9 cm³/mol. The number of fused-ring (bicyclic) bond motifs is 1. The molecule has 1 aromatic heterocycles. The van der Waals surface area contributed by atoms with E-state index < -0.39 is 15.9 Å². The Labute approximate surface area is 111 Å². The summed E-state index contributed by atoms with van der Waals surface area (Å²) in [6, 6.07) is 6.99. The highest BCUT2D eigenvalue weighted by Gasteiger charge is 2.16. The van der Waals surface area contributed by atoms with Crippen molar-refractivity contribution in [2.24, 2.45) is 0 Å². The van der Waals surface area contributed by atoms with Crippen molar-refractivity contribution >= 4 is 32.6 Å². The summed E-state index contributed by atoms with van der Waals surface area (Å²) in [5.41, 5.74) is 1.46. The first-order valence-electron chi connectivity index (χ1n) is 5.49.